The molecule has 28 heavy (non-hydrogen) atoms. The summed E-state index contributed by atoms with van der Waals surface area (Å²) in [5, 5.41) is 7.75. The zero-order chi connectivity index (χ0) is 19.5. The van der Waals surface area contributed by atoms with E-state index in [1.165, 1.54) is 9.36 Å². The van der Waals surface area contributed by atoms with E-state index in [1.54, 1.807) is 7.05 Å². The summed E-state index contributed by atoms with van der Waals surface area (Å²) in [6, 6.07) is 23.9. The van der Waals surface area contributed by atoms with Gasteiger partial charge in [-0.25, -0.2) is 4.79 Å². The number of hydrogen-bond donors (Lipinski definition) is 0. The van der Waals surface area contributed by atoms with Gasteiger partial charge in [0.2, 0.25) is 0 Å². The smallest absolute Gasteiger partial charge is 0.368 e. The van der Waals surface area contributed by atoms with Gasteiger partial charge in [-0.05, 0) is 52.2 Å². The molecule has 6 heteroatoms. The Labute approximate surface area is 162 Å². The Hall–Kier alpha value is -3.67. The molecule has 0 amide bonds. The fourth-order valence-corrected chi connectivity index (χ4v) is 3.07. The fraction of sp³-hybridized carbons (Fsp3) is 0.136. The number of hydrogen-bond acceptors (Lipinski definition) is 4. The van der Waals surface area contributed by atoms with Crippen LogP contribution in [0.5, 0.6) is 5.75 Å². The van der Waals surface area contributed by atoms with Gasteiger partial charge >= 0.3 is 5.69 Å². The van der Waals surface area contributed by atoms with Gasteiger partial charge in [0, 0.05) is 12.6 Å². The summed E-state index contributed by atoms with van der Waals surface area (Å²) in [5.74, 6) is 0.764. The van der Waals surface area contributed by atoms with E-state index in [9.17, 15) is 4.79 Å². The topological polar surface area (TPSA) is 61.9 Å². The molecule has 4 rings (SSSR count). The minimum absolute atomic E-state index is 0.293. The predicted molar refractivity (Wildman–Crippen MR) is 108 cm³/mol. The highest BCUT2D eigenvalue weighted by atomic mass is 16.5. The van der Waals surface area contributed by atoms with Crippen LogP contribution in [-0.4, -0.2) is 19.8 Å². The first-order valence-corrected chi connectivity index (χ1v) is 8.99. The average molecular weight is 372 g/mol. The molecule has 4 aromatic rings. The van der Waals surface area contributed by atoms with Crippen molar-refractivity contribution < 1.29 is 4.74 Å². The molecule has 0 saturated heterocycles. The highest BCUT2D eigenvalue weighted by molar-refractivity contribution is 5.63. The molecule has 0 aliphatic heterocycles. The maximum atomic E-state index is 12.2. The second-order valence-electron chi connectivity index (χ2n) is 6.55. The quantitative estimate of drug-likeness (QED) is 0.538. The van der Waals surface area contributed by atoms with Crippen LogP contribution in [0.15, 0.2) is 77.6 Å². The van der Waals surface area contributed by atoms with Crippen molar-refractivity contribution in [1.82, 2.24) is 19.8 Å². The Morgan fingerprint density at radius 3 is 2.25 bits per heavy atom. The highest BCUT2D eigenvalue weighted by Gasteiger charge is 2.13. The van der Waals surface area contributed by atoms with E-state index in [-0.39, 0.29) is 5.69 Å². The Bertz CT molecular complexity index is 1150. The Kier molecular flexibility index (Phi) is 4.76. The normalized spacial score (nSPS) is 10.8. The van der Waals surface area contributed by atoms with Crippen LogP contribution in [0.3, 0.4) is 0 Å². The number of aryl methyl sites for hydroxylation is 2. The van der Waals surface area contributed by atoms with E-state index in [4.69, 9.17) is 4.74 Å². The van der Waals surface area contributed by atoms with Crippen molar-refractivity contribution >= 4 is 0 Å². The molecule has 0 fully saturated rings. The van der Waals surface area contributed by atoms with Crippen molar-refractivity contribution in [2.24, 2.45) is 7.05 Å². The lowest BCUT2D eigenvalue weighted by molar-refractivity contribution is 0.305. The van der Waals surface area contributed by atoms with Gasteiger partial charge in [0.25, 0.3) is 0 Å². The van der Waals surface area contributed by atoms with Crippen LogP contribution in [0.2, 0.25) is 0 Å². The molecule has 0 spiro atoms. The number of rotatable bonds is 5. The Morgan fingerprint density at radius 2 is 1.57 bits per heavy atom. The number of ether oxygens (including phenoxy) is 1. The molecular formula is C22H20N4O2. The van der Waals surface area contributed by atoms with Gasteiger partial charge < -0.3 is 4.74 Å². The molecule has 0 aliphatic rings. The van der Waals surface area contributed by atoms with E-state index in [1.807, 2.05) is 67.6 Å². The molecule has 0 unspecified atom stereocenters. The van der Waals surface area contributed by atoms with E-state index in [0.717, 1.165) is 28.0 Å². The molecule has 0 bridgehead atoms. The summed E-state index contributed by atoms with van der Waals surface area (Å²) in [5.41, 5.74) is 4.61. The van der Waals surface area contributed by atoms with Gasteiger partial charge in [0.15, 0.2) is 0 Å². The molecule has 0 radical (unpaired) electrons. The lowest BCUT2D eigenvalue weighted by Crippen LogP contribution is -2.23. The summed E-state index contributed by atoms with van der Waals surface area (Å²) in [7, 11) is 1.58. The van der Waals surface area contributed by atoms with Crippen molar-refractivity contribution in [1.29, 1.82) is 0 Å². The van der Waals surface area contributed by atoms with Crippen LogP contribution in [0.1, 0.15) is 11.1 Å². The first kappa shape index (κ1) is 17.7. The van der Waals surface area contributed by atoms with Crippen LogP contribution in [0.4, 0.5) is 0 Å². The molecule has 0 aliphatic carbocycles. The number of aromatic nitrogens is 4. The summed E-state index contributed by atoms with van der Waals surface area (Å²) < 4.78 is 8.50. The standard InChI is InChI=1S/C22H20N4O2/c1-16-7-6-10-21(26-22(27)25(2)23-24-26)20(16)15-28-19-13-11-18(12-14-19)17-8-4-3-5-9-17/h3-14H,15H2,1-2H3. The molecule has 0 atom stereocenters. The van der Waals surface area contributed by atoms with Gasteiger partial charge in [0.05, 0.1) is 5.69 Å². The molecule has 6 nitrogen and oxygen atoms in total. The molecule has 140 valence electrons. The number of benzene rings is 3. The molecule has 0 N–H and O–H groups in total. The summed E-state index contributed by atoms with van der Waals surface area (Å²) >= 11 is 0. The van der Waals surface area contributed by atoms with Crippen molar-refractivity contribution in [3.05, 3.63) is 94.4 Å². The minimum atomic E-state index is -0.293. The summed E-state index contributed by atoms with van der Waals surface area (Å²) in [6.45, 7) is 2.32. The summed E-state index contributed by atoms with van der Waals surface area (Å²) in [6.07, 6.45) is 0. The van der Waals surface area contributed by atoms with Crippen molar-refractivity contribution in [2.75, 3.05) is 0 Å². The third kappa shape index (κ3) is 3.44. The largest absolute Gasteiger partial charge is 0.489 e. The maximum Gasteiger partial charge on any atom is 0.368 e. The Balaban J connectivity index is 1.57. The maximum absolute atomic E-state index is 12.2. The molecule has 3 aromatic carbocycles. The summed E-state index contributed by atoms with van der Waals surface area (Å²) in [4.78, 5) is 12.2. The van der Waals surface area contributed by atoms with Gasteiger partial charge in [0.1, 0.15) is 12.4 Å². The second kappa shape index (κ2) is 7.52. The molecule has 1 aromatic heterocycles. The van der Waals surface area contributed by atoms with E-state index < -0.39 is 0 Å². The van der Waals surface area contributed by atoms with Crippen LogP contribution < -0.4 is 10.4 Å². The molecule has 0 saturated carbocycles. The van der Waals surface area contributed by atoms with Crippen LogP contribution in [0.25, 0.3) is 16.8 Å². The van der Waals surface area contributed by atoms with Crippen molar-refractivity contribution in [3.63, 3.8) is 0 Å². The zero-order valence-corrected chi connectivity index (χ0v) is 15.7. The monoisotopic (exact) mass is 372 g/mol. The molecule has 1 heterocycles. The predicted octanol–water partition coefficient (Wildman–Crippen LogP) is 3.52. The van der Waals surface area contributed by atoms with Gasteiger partial charge in [-0.2, -0.15) is 9.36 Å². The molecular weight excluding hydrogens is 352 g/mol. The van der Waals surface area contributed by atoms with Gasteiger partial charge in [-0.15, -0.1) is 0 Å². The lowest BCUT2D eigenvalue weighted by atomic mass is 10.1. The average Bonchev–Trinajstić information content (AvgIpc) is 3.06. The first-order valence-electron chi connectivity index (χ1n) is 8.99. The van der Waals surface area contributed by atoms with E-state index >= 15 is 0 Å². The van der Waals surface area contributed by atoms with Crippen LogP contribution >= 0.6 is 0 Å². The van der Waals surface area contributed by atoms with Gasteiger partial charge in [-0.3, -0.25) is 0 Å². The number of nitrogens with zero attached hydrogens (tertiary/aromatic N) is 4. The van der Waals surface area contributed by atoms with Crippen LogP contribution in [0, 0.1) is 6.92 Å². The third-order valence-corrected chi connectivity index (χ3v) is 4.68. The van der Waals surface area contributed by atoms with E-state index in [0.29, 0.717) is 12.3 Å². The first-order chi connectivity index (χ1) is 13.6. The fourth-order valence-electron chi connectivity index (χ4n) is 3.07. The zero-order valence-electron chi connectivity index (χ0n) is 15.7. The second-order valence-corrected chi connectivity index (χ2v) is 6.55. The Morgan fingerprint density at radius 1 is 0.857 bits per heavy atom. The number of tetrazole rings is 1. The minimum Gasteiger partial charge on any atom is -0.489 e. The third-order valence-electron chi connectivity index (χ3n) is 4.68. The van der Waals surface area contributed by atoms with Crippen molar-refractivity contribution in [3.8, 4) is 22.6 Å². The highest BCUT2D eigenvalue weighted by Crippen LogP contribution is 2.24. The SMILES string of the molecule is Cc1cccc(-n2nnn(C)c2=O)c1COc1ccc(-c2ccccc2)cc1. The van der Waals surface area contributed by atoms with Crippen LogP contribution in [-0.2, 0) is 13.7 Å². The lowest BCUT2D eigenvalue weighted by Gasteiger charge is -2.13. The van der Waals surface area contributed by atoms with E-state index in [2.05, 4.69) is 22.6 Å². The van der Waals surface area contributed by atoms with Gasteiger partial charge in [-0.1, -0.05) is 54.6 Å². The van der Waals surface area contributed by atoms with Crippen molar-refractivity contribution in [2.45, 2.75) is 13.5 Å².